The zero-order valence-corrected chi connectivity index (χ0v) is 11.9. The number of carboxylic acids is 1. The van der Waals surface area contributed by atoms with Crippen molar-refractivity contribution in [2.45, 2.75) is 11.3 Å². The van der Waals surface area contributed by atoms with Crippen LogP contribution >= 0.6 is 11.8 Å². The molecule has 0 spiro atoms. The van der Waals surface area contributed by atoms with Crippen molar-refractivity contribution in [1.82, 2.24) is 0 Å². The van der Waals surface area contributed by atoms with Crippen molar-refractivity contribution in [2.24, 2.45) is 0 Å². The lowest BCUT2D eigenvalue weighted by Gasteiger charge is -2.04. The summed E-state index contributed by atoms with van der Waals surface area (Å²) in [6.07, 6.45) is 0.651. The molecule has 0 saturated heterocycles. The summed E-state index contributed by atoms with van der Waals surface area (Å²) < 4.78 is 23.9. The first-order valence-electron chi connectivity index (χ1n) is 5.72. The van der Waals surface area contributed by atoms with E-state index in [1.807, 2.05) is 0 Å². The van der Waals surface area contributed by atoms with Crippen molar-refractivity contribution in [3.63, 3.8) is 0 Å². The number of aliphatic hydroxyl groups excluding tert-OH is 1. The van der Waals surface area contributed by atoms with Gasteiger partial charge in [0.15, 0.2) is 9.84 Å². The van der Waals surface area contributed by atoms with Gasteiger partial charge in [0.2, 0.25) is 0 Å². The quantitative estimate of drug-likeness (QED) is 0.703. The van der Waals surface area contributed by atoms with Crippen molar-refractivity contribution in [1.29, 1.82) is 0 Å². The Morgan fingerprint density at radius 2 is 1.79 bits per heavy atom. The highest BCUT2D eigenvalue weighted by molar-refractivity contribution is 8.00. The average Bonchev–Trinajstić information content (AvgIpc) is 2.38. The molecule has 1 rings (SSSR count). The Hall–Kier alpha value is -1.05. The van der Waals surface area contributed by atoms with E-state index < -0.39 is 15.8 Å². The molecule has 0 atom stereocenters. The van der Waals surface area contributed by atoms with Crippen molar-refractivity contribution < 1.29 is 23.4 Å². The number of hydrogen-bond donors (Lipinski definition) is 2. The van der Waals surface area contributed by atoms with Crippen molar-refractivity contribution in [3.05, 3.63) is 29.8 Å². The van der Waals surface area contributed by atoms with Crippen molar-refractivity contribution in [2.75, 3.05) is 23.9 Å². The second kappa shape index (κ2) is 7.52. The van der Waals surface area contributed by atoms with Crippen LogP contribution in [0, 0.1) is 0 Å². The molecule has 0 amide bonds. The number of carbonyl (C=O) groups is 1. The predicted molar refractivity (Wildman–Crippen MR) is 74.5 cm³/mol. The molecular formula is C12H16O5S2. The van der Waals surface area contributed by atoms with E-state index in [1.54, 1.807) is 0 Å². The highest BCUT2D eigenvalue weighted by atomic mass is 32.2. The van der Waals surface area contributed by atoms with Gasteiger partial charge in [-0.1, -0.05) is 0 Å². The van der Waals surface area contributed by atoms with E-state index in [0.717, 1.165) is 5.75 Å². The summed E-state index contributed by atoms with van der Waals surface area (Å²) in [6.45, 7) is 0.108. The second-order valence-corrected chi connectivity index (χ2v) is 7.17. The van der Waals surface area contributed by atoms with Crippen LogP contribution in [0.25, 0.3) is 0 Å². The summed E-state index contributed by atoms with van der Waals surface area (Å²) in [6, 6.07) is 5.20. The van der Waals surface area contributed by atoms with Gasteiger partial charge < -0.3 is 10.2 Å². The van der Waals surface area contributed by atoms with Gasteiger partial charge in [-0.3, -0.25) is 0 Å². The summed E-state index contributed by atoms with van der Waals surface area (Å²) in [5, 5.41) is 17.3. The first-order valence-corrected chi connectivity index (χ1v) is 8.53. The van der Waals surface area contributed by atoms with Gasteiger partial charge in [-0.05, 0) is 36.4 Å². The van der Waals surface area contributed by atoms with E-state index >= 15 is 0 Å². The van der Waals surface area contributed by atoms with Crippen LogP contribution in [-0.2, 0) is 9.84 Å². The molecule has 0 aliphatic rings. The minimum atomic E-state index is -3.37. The molecule has 5 nitrogen and oxygen atoms in total. The number of aromatic carboxylic acids is 1. The highest BCUT2D eigenvalue weighted by Gasteiger charge is 2.14. The molecule has 0 unspecified atom stereocenters. The lowest BCUT2D eigenvalue weighted by atomic mass is 10.2. The maximum absolute atomic E-state index is 11.9. The molecule has 0 radical (unpaired) electrons. The van der Waals surface area contributed by atoms with E-state index in [1.165, 1.54) is 36.0 Å². The third-order valence-corrected chi connectivity index (χ3v) is 5.46. The molecule has 19 heavy (non-hydrogen) atoms. The third-order valence-electron chi connectivity index (χ3n) is 2.40. The number of thioether (sulfide) groups is 1. The van der Waals surface area contributed by atoms with Gasteiger partial charge in [-0.15, -0.1) is 0 Å². The number of hydrogen-bond acceptors (Lipinski definition) is 5. The van der Waals surface area contributed by atoms with Crippen LogP contribution in [0.3, 0.4) is 0 Å². The molecule has 1 aromatic rings. The number of sulfone groups is 1. The molecule has 0 saturated carbocycles. The number of rotatable bonds is 8. The fraction of sp³-hybridized carbons (Fsp3) is 0.417. The Kier molecular flexibility index (Phi) is 6.33. The van der Waals surface area contributed by atoms with E-state index in [0.29, 0.717) is 12.2 Å². The molecule has 1 aromatic carbocycles. The van der Waals surface area contributed by atoms with Gasteiger partial charge in [0.25, 0.3) is 0 Å². The smallest absolute Gasteiger partial charge is 0.335 e. The lowest BCUT2D eigenvalue weighted by Crippen LogP contribution is -2.09. The maximum Gasteiger partial charge on any atom is 0.335 e. The Morgan fingerprint density at radius 1 is 1.16 bits per heavy atom. The zero-order chi connectivity index (χ0) is 14.3. The van der Waals surface area contributed by atoms with Crippen molar-refractivity contribution >= 4 is 27.6 Å². The molecule has 0 heterocycles. The Balaban J connectivity index is 2.59. The molecule has 106 valence electrons. The second-order valence-electron chi connectivity index (χ2n) is 3.84. The zero-order valence-electron chi connectivity index (χ0n) is 10.3. The number of benzene rings is 1. The normalized spacial score (nSPS) is 11.4. The molecule has 0 bridgehead atoms. The first kappa shape index (κ1) is 16.0. The largest absolute Gasteiger partial charge is 0.478 e. The molecule has 0 aliphatic carbocycles. The van der Waals surface area contributed by atoms with Crippen LogP contribution in [0.4, 0.5) is 0 Å². The predicted octanol–water partition coefficient (Wildman–Crippen LogP) is 1.27. The molecular weight excluding hydrogens is 288 g/mol. The van der Waals surface area contributed by atoms with E-state index in [-0.39, 0.29) is 22.8 Å². The fourth-order valence-corrected chi connectivity index (χ4v) is 4.03. The van der Waals surface area contributed by atoms with Gasteiger partial charge in [0, 0.05) is 12.4 Å². The Morgan fingerprint density at radius 3 is 2.32 bits per heavy atom. The minimum absolute atomic E-state index is 0.00944. The number of aliphatic hydroxyl groups is 1. The highest BCUT2D eigenvalue weighted by Crippen LogP contribution is 2.14. The standard InChI is InChI=1S/C12H16O5S2/c13-6-1-7-18-8-9-19(16,17)11-4-2-10(3-5-11)12(14)15/h2-5,13H,1,6-9H2,(H,14,15). The van der Waals surface area contributed by atoms with Gasteiger partial charge in [0.05, 0.1) is 16.2 Å². The summed E-state index contributed by atoms with van der Waals surface area (Å²) in [5.41, 5.74) is 0.0660. The van der Waals surface area contributed by atoms with Crippen LogP contribution in [0.5, 0.6) is 0 Å². The SMILES string of the molecule is O=C(O)c1ccc(S(=O)(=O)CCSCCCO)cc1. The Labute approximate surface area is 116 Å². The summed E-state index contributed by atoms with van der Waals surface area (Å²) in [5.74, 6) is 0.117. The fourth-order valence-electron chi connectivity index (χ4n) is 1.36. The molecule has 0 aliphatic heterocycles. The third kappa shape index (κ3) is 5.22. The monoisotopic (exact) mass is 304 g/mol. The van der Waals surface area contributed by atoms with Gasteiger partial charge in [0.1, 0.15) is 0 Å². The molecule has 7 heteroatoms. The maximum atomic E-state index is 11.9. The lowest BCUT2D eigenvalue weighted by molar-refractivity contribution is 0.0696. The topological polar surface area (TPSA) is 91.7 Å². The van der Waals surface area contributed by atoms with Crippen LogP contribution < -0.4 is 0 Å². The summed E-state index contributed by atoms with van der Waals surface area (Å²) in [7, 11) is -3.37. The van der Waals surface area contributed by atoms with Crippen molar-refractivity contribution in [3.8, 4) is 0 Å². The average molecular weight is 304 g/mol. The minimum Gasteiger partial charge on any atom is -0.478 e. The molecule has 0 aromatic heterocycles. The Bertz CT molecular complexity index is 507. The molecule has 2 N–H and O–H groups in total. The van der Waals surface area contributed by atoms with E-state index in [2.05, 4.69) is 0 Å². The van der Waals surface area contributed by atoms with Crippen LogP contribution in [0.15, 0.2) is 29.2 Å². The first-order chi connectivity index (χ1) is 8.97. The van der Waals surface area contributed by atoms with Crippen LogP contribution in [-0.4, -0.2) is 48.5 Å². The van der Waals surface area contributed by atoms with E-state index in [4.69, 9.17) is 10.2 Å². The van der Waals surface area contributed by atoms with Crippen LogP contribution in [0.2, 0.25) is 0 Å². The molecule has 0 fully saturated rings. The van der Waals surface area contributed by atoms with Gasteiger partial charge in [-0.2, -0.15) is 11.8 Å². The van der Waals surface area contributed by atoms with Gasteiger partial charge in [-0.25, -0.2) is 13.2 Å². The summed E-state index contributed by atoms with van der Waals surface area (Å²) >= 11 is 1.47. The van der Waals surface area contributed by atoms with Crippen LogP contribution in [0.1, 0.15) is 16.8 Å². The summed E-state index contributed by atoms with van der Waals surface area (Å²) in [4.78, 5) is 10.8. The number of carboxylic acid groups (broad SMARTS) is 1. The van der Waals surface area contributed by atoms with Gasteiger partial charge >= 0.3 is 5.97 Å². The van der Waals surface area contributed by atoms with E-state index in [9.17, 15) is 13.2 Å².